The van der Waals surface area contributed by atoms with Crippen LogP contribution in [0, 0.1) is 11.8 Å². The molecule has 0 radical (unpaired) electrons. The first kappa shape index (κ1) is 21.3. The molecule has 0 aromatic carbocycles. The zero-order valence-corrected chi connectivity index (χ0v) is 15.6. The normalized spacial score (nSPS) is 21.0. The molecule has 0 spiro atoms. The third-order valence-electron chi connectivity index (χ3n) is 4.60. The van der Waals surface area contributed by atoms with Gasteiger partial charge in [-0.25, -0.2) is 8.78 Å². The Bertz CT molecular complexity index is 362. The van der Waals surface area contributed by atoms with Gasteiger partial charge in [-0.15, -0.1) is 0 Å². The number of halogens is 2. The molecule has 0 bridgehead atoms. The van der Waals surface area contributed by atoms with E-state index in [-0.39, 0.29) is 0 Å². The van der Waals surface area contributed by atoms with Gasteiger partial charge < -0.3 is 0 Å². The average Bonchev–Trinajstić information content (AvgIpc) is 2.52. The molecular weight excluding hydrogens is 278 g/mol. The summed E-state index contributed by atoms with van der Waals surface area (Å²) >= 11 is 0. The van der Waals surface area contributed by atoms with Gasteiger partial charge in [0.25, 0.3) is 0 Å². The number of hydrogen-bond donors (Lipinski definition) is 0. The Morgan fingerprint density at radius 1 is 1.23 bits per heavy atom. The van der Waals surface area contributed by atoms with Gasteiger partial charge in [-0.05, 0) is 56.9 Å². The third-order valence-corrected chi connectivity index (χ3v) is 4.60. The van der Waals surface area contributed by atoms with Crippen molar-refractivity contribution in [1.29, 1.82) is 0 Å². The van der Waals surface area contributed by atoms with Gasteiger partial charge in [0.05, 0.1) is 0 Å². The fourth-order valence-electron chi connectivity index (χ4n) is 3.19. The topological polar surface area (TPSA) is 0 Å². The second-order valence-electron chi connectivity index (χ2n) is 6.54. The fourth-order valence-corrected chi connectivity index (χ4v) is 3.19. The highest BCUT2D eigenvalue weighted by molar-refractivity contribution is 5.33. The summed E-state index contributed by atoms with van der Waals surface area (Å²) in [5, 5.41) is 0. The molecule has 1 rings (SSSR count). The summed E-state index contributed by atoms with van der Waals surface area (Å²) in [4.78, 5) is 0. The van der Waals surface area contributed by atoms with Crippen molar-refractivity contribution in [3.63, 3.8) is 0 Å². The molecule has 0 saturated carbocycles. The van der Waals surface area contributed by atoms with Crippen LogP contribution in [0.1, 0.15) is 92.9 Å². The zero-order valence-electron chi connectivity index (χ0n) is 15.6. The molecule has 0 nitrogen and oxygen atoms in total. The maximum atomic E-state index is 13.7. The molecule has 0 aromatic rings. The summed E-state index contributed by atoms with van der Waals surface area (Å²) in [6.45, 7) is 11.7. The molecule has 0 saturated heterocycles. The van der Waals surface area contributed by atoms with Crippen molar-refractivity contribution in [2.24, 2.45) is 11.8 Å². The Hall–Kier alpha value is -0.660. The Kier molecular flexibility index (Phi) is 11.5. The molecule has 22 heavy (non-hydrogen) atoms. The molecule has 1 aliphatic carbocycles. The van der Waals surface area contributed by atoms with Crippen LogP contribution in [0.2, 0.25) is 0 Å². The predicted molar refractivity (Wildman–Crippen MR) is 94.2 cm³/mol. The van der Waals surface area contributed by atoms with Gasteiger partial charge in [0.15, 0.2) is 5.83 Å². The SMILES string of the molecule is CC.CCCCC(C)CCC1CCC(/C(F)=C(\C)F)=C(C)C1. The summed E-state index contributed by atoms with van der Waals surface area (Å²) in [5.41, 5.74) is 1.68. The average molecular weight is 315 g/mol. The molecule has 0 aliphatic heterocycles. The molecular formula is C20H36F2. The Morgan fingerprint density at radius 2 is 1.86 bits per heavy atom. The summed E-state index contributed by atoms with van der Waals surface area (Å²) < 4.78 is 26.7. The van der Waals surface area contributed by atoms with Crippen molar-refractivity contribution in [3.05, 3.63) is 22.8 Å². The minimum absolute atomic E-state index is 0.614. The van der Waals surface area contributed by atoms with Crippen LogP contribution in [-0.4, -0.2) is 0 Å². The van der Waals surface area contributed by atoms with E-state index >= 15 is 0 Å². The van der Waals surface area contributed by atoms with Crippen molar-refractivity contribution in [1.82, 2.24) is 0 Å². The van der Waals surface area contributed by atoms with Gasteiger partial charge >= 0.3 is 0 Å². The van der Waals surface area contributed by atoms with E-state index in [1.165, 1.54) is 39.0 Å². The molecule has 0 N–H and O–H groups in total. The van der Waals surface area contributed by atoms with Crippen LogP contribution in [0.4, 0.5) is 8.78 Å². The Labute approximate surface area is 137 Å². The van der Waals surface area contributed by atoms with Gasteiger partial charge in [-0.1, -0.05) is 59.0 Å². The molecule has 0 fully saturated rings. The maximum Gasteiger partial charge on any atom is 0.157 e. The van der Waals surface area contributed by atoms with E-state index < -0.39 is 11.7 Å². The summed E-state index contributed by atoms with van der Waals surface area (Å²) in [7, 11) is 0. The molecule has 2 atom stereocenters. The van der Waals surface area contributed by atoms with Crippen LogP contribution in [0.3, 0.4) is 0 Å². The quantitative estimate of drug-likeness (QED) is 0.448. The molecule has 0 heterocycles. The number of unbranched alkanes of at least 4 members (excludes halogenated alkanes) is 1. The third kappa shape index (κ3) is 7.56. The highest BCUT2D eigenvalue weighted by Gasteiger charge is 2.22. The number of allylic oxidation sites excluding steroid dienone is 4. The lowest BCUT2D eigenvalue weighted by Crippen LogP contribution is -2.11. The van der Waals surface area contributed by atoms with Gasteiger partial charge in [-0.2, -0.15) is 0 Å². The lowest BCUT2D eigenvalue weighted by Gasteiger charge is -2.26. The smallest absolute Gasteiger partial charge is 0.157 e. The van der Waals surface area contributed by atoms with Crippen LogP contribution >= 0.6 is 0 Å². The van der Waals surface area contributed by atoms with Gasteiger partial charge in [0.1, 0.15) is 5.83 Å². The predicted octanol–water partition coefficient (Wildman–Crippen LogP) is 7.91. The lowest BCUT2D eigenvalue weighted by molar-refractivity contribution is 0.356. The first-order valence-electron chi connectivity index (χ1n) is 9.16. The van der Waals surface area contributed by atoms with E-state index in [0.29, 0.717) is 17.9 Å². The summed E-state index contributed by atoms with van der Waals surface area (Å²) in [6.07, 6.45) is 9.07. The second-order valence-corrected chi connectivity index (χ2v) is 6.54. The van der Waals surface area contributed by atoms with Crippen molar-refractivity contribution >= 4 is 0 Å². The van der Waals surface area contributed by atoms with Crippen molar-refractivity contribution < 1.29 is 8.78 Å². The van der Waals surface area contributed by atoms with E-state index in [2.05, 4.69) is 13.8 Å². The van der Waals surface area contributed by atoms with Crippen molar-refractivity contribution in [3.8, 4) is 0 Å². The van der Waals surface area contributed by atoms with Crippen LogP contribution in [0.5, 0.6) is 0 Å². The standard InChI is InChI=1S/C18H30F2.C2H6/c1-5-6-7-13(2)8-9-16-10-11-17(14(3)12-16)18(20)15(4)19;1-2/h13,16H,5-12H2,1-4H3;1-2H3/b18-15-;. The van der Waals surface area contributed by atoms with Crippen LogP contribution in [0.25, 0.3) is 0 Å². The van der Waals surface area contributed by atoms with Gasteiger partial charge in [0, 0.05) is 0 Å². The molecule has 2 heteroatoms. The molecule has 0 aromatic heterocycles. The first-order chi connectivity index (χ1) is 10.5. The van der Waals surface area contributed by atoms with Crippen molar-refractivity contribution in [2.45, 2.75) is 92.9 Å². The van der Waals surface area contributed by atoms with E-state index in [1.54, 1.807) is 0 Å². The Morgan fingerprint density at radius 3 is 2.36 bits per heavy atom. The minimum atomic E-state index is -0.675. The summed E-state index contributed by atoms with van der Waals surface area (Å²) in [5.74, 6) is 0.171. The highest BCUT2D eigenvalue weighted by Crippen LogP contribution is 2.37. The number of hydrogen-bond acceptors (Lipinski definition) is 0. The molecule has 1 aliphatic rings. The van der Waals surface area contributed by atoms with E-state index in [0.717, 1.165) is 24.3 Å². The Balaban J connectivity index is 0.00000211. The highest BCUT2D eigenvalue weighted by atomic mass is 19.2. The van der Waals surface area contributed by atoms with Crippen LogP contribution in [-0.2, 0) is 0 Å². The van der Waals surface area contributed by atoms with Gasteiger partial charge in [0.2, 0.25) is 0 Å². The molecule has 2 unspecified atom stereocenters. The molecule has 0 amide bonds. The largest absolute Gasteiger partial charge is 0.209 e. The first-order valence-corrected chi connectivity index (χ1v) is 9.16. The van der Waals surface area contributed by atoms with E-state index in [1.807, 2.05) is 20.8 Å². The monoisotopic (exact) mass is 314 g/mol. The number of rotatable bonds is 7. The molecule has 130 valence electrons. The van der Waals surface area contributed by atoms with Crippen LogP contribution in [0.15, 0.2) is 22.8 Å². The zero-order chi connectivity index (χ0) is 17.1. The lowest BCUT2D eigenvalue weighted by atomic mass is 9.80. The minimum Gasteiger partial charge on any atom is -0.209 e. The van der Waals surface area contributed by atoms with E-state index in [9.17, 15) is 8.78 Å². The van der Waals surface area contributed by atoms with Gasteiger partial charge in [-0.3, -0.25) is 0 Å². The van der Waals surface area contributed by atoms with E-state index in [4.69, 9.17) is 0 Å². The van der Waals surface area contributed by atoms with Crippen LogP contribution < -0.4 is 0 Å². The second kappa shape index (κ2) is 11.8. The summed E-state index contributed by atoms with van der Waals surface area (Å²) in [6, 6.07) is 0. The van der Waals surface area contributed by atoms with Crippen molar-refractivity contribution in [2.75, 3.05) is 0 Å². The fraction of sp³-hybridized carbons (Fsp3) is 0.800. The maximum absolute atomic E-state index is 13.7.